The fourth-order valence-electron chi connectivity index (χ4n) is 2.93. The van der Waals surface area contributed by atoms with Crippen molar-refractivity contribution in [3.63, 3.8) is 0 Å². The summed E-state index contributed by atoms with van der Waals surface area (Å²) in [5, 5.41) is 0. The van der Waals surface area contributed by atoms with Crippen LogP contribution in [0.3, 0.4) is 0 Å². The molecule has 1 unspecified atom stereocenters. The summed E-state index contributed by atoms with van der Waals surface area (Å²) in [6.07, 6.45) is 6.02. The number of nitrogens with zero attached hydrogens (tertiary/aromatic N) is 2. The molecule has 1 saturated carbocycles. The minimum Gasteiger partial charge on any atom is -0.328 e. The van der Waals surface area contributed by atoms with E-state index < -0.39 is 0 Å². The van der Waals surface area contributed by atoms with Gasteiger partial charge in [0, 0.05) is 19.0 Å². The van der Waals surface area contributed by atoms with Crippen LogP contribution in [0, 0.1) is 5.92 Å². The van der Waals surface area contributed by atoms with Gasteiger partial charge in [0.05, 0.1) is 11.0 Å². The first-order chi connectivity index (χ1) is 9.29. The topological polar surface area (TPSA) is 43.8 Å². The molecule has 3 nitrogen and oxygen atoms in total. The summed E-state index contributed by atoms with van der Waals surface area (Å²) in [5.41, 5.74) is 8.53. The molecule has 0 saturated heterocycles. The summed E-state index contributed by atoms with van der Waals surface area (Å²) in [5.74, 6) is 2.02. The first kappa shape index (κ1) is 12.7. The first-order valence-electron chi connectivity index (χ1n) is 7.49. The highest BCUT2D eigenvalue weighted by molar-refractivity contribution is 5.75. The standard InChI is InChI=1S/C16H23N3/c1-2-19-15-8-4-3-7-14(15)18-16(19)9-5-6-13(17)12-10-11-12/h3-4,7-8,12-13H,2,5-6,9-11,17H2,1H3. The van der Waals surface area contributed by atoms with Gasteiger partial charge >= 0.3 is 0 Å². The van der Waals surface area contributed by atoms with Crippen molar-refractivity contribution < 1.29 is 0 Å². The molecule has 3 rings (SSSR count). The number of aryl methyl sites for hydroxylation is 2. The Kier molecular flexibility index (Phi) is 3.56. The average Bonchev–Trinajstić information content (AvgIpc) is 3.20. The second-order valence-corrected chi connectivity index (χ2v) is 5.65. The maximum atomic E-state index is 6.16. The largest absolute Gasteiger partial charge is 0.328 e. The van der Waals surface area contributed by atoms with Crippen LogP contribution in [-0.2, 0) is 13.0 Å². The highest BCUT2D eigenvalue weighted by Crippen LogP contribution is 2.33. The average molecular weight is 257 g/mol. The quantitative estimate of drug-likeness (QED) is 0.864. The summed E-state index contributed by atoms with van der Waals surface area (Å²) in [7, 11) is 0. The first-order valence-corrected chi connectivity index (χ1v) is 7.49. The molecule has 0 spiro atoms. The second-order valence-electron chi connectivity index (χ2n) is 5.65. The van der Waals surface area contributed by atoms with Crippen molar-refractivity contribution in [2.75, 3.05) is 0 Å². The van der Waals surface area contributed by atoms with Gasteiger partial charge in [-0.3, -0.25) is 0 Å². The summed E-state index contributed by atoms with van der Waals surface area (Å²) >= 11 is 0. The molecule has 1 aromatic heterocycles. The Bertz CT molecular complexity index is 554. The molecule has 1 atom stereocenters. The molecule has 2 aromatic rings. The van der Waals surface area contributed by atoms with Crippen molar-refractivity contribution in [1.29, 1.82) is 0 Å². The molecular weight excluding hydrogens is 234 g/mol. The summed E-state index contributed by atoms with van der Waals surface area (Å²) < 4.78 is 2.33. The number of aromatic nitrogens is 2. The fourth-order valence-corrected chi connectivity index (χ4v) is 2.93. The van der Waals surface area contributed by atoms with E-state index in [-0.39, 0.29) is 0 Å². The smallest absolute Gasteiger partial charge is 0.109 e. The molecule has 2 N–H and O–H groups in total. The lowest BCUT2D eigenvalue weighted by molar-refractivity contribution is 0.520. The third-order valence-corrected chi connectivity index (χ3v) is 4.22. The zero-order chi connectivity index (χ0) is 13.2. The minimum absolute atomic E-state index is 0.416. The molecule has 0 radical (unpaired) electrons. The molecule has 19 heavy (non-hydrogen) atoms. The van der Waals surface area contributed by atoms with Crippen LogP contribution in [0.5, 0.6) is 0 Å². The normalized spacial score (nSPS) is 16.9. The molecular formula is C16H23N3. The predicted octanol–water partition coefficient (Wildman–Crippen LogP) is 3.12. The van der Waals surface area contributed by atoms with Crippen molar-refractivity contribution in [3.05, 3.63) is 30.1 Å². The van der Waals surface area contributed by atoms with E-state index in [1.807, 2.05) is 0 Å². The molecule has 1 aliphatic rings. The van der Waals surface area contributed by atoms with Gasteiger partial charge in [-0.2, -0.15) is 0 Å². The van der Waals surface area contributed by atoms with Crippen molar-refractivity contribution in [2.45, 2.75) is 51.6 Å². The van der Waals surface area contributed by atoms with Crippen LogP contribution in [0.25, 0.3) is 11.0 Å². The van der Waals surface area contributed by atoms with Crippen LogP contribution in [0.4, 0.5) is 0 Å². The van der Waals surface area contributed by atoms with Crippen LogP contribution >= 0.6 is 0 Å². The van der Waals surface area contributed by atoms with Gasteiger partial charge in [-0.15, -0.1) is 0 Å². The zero-order valence-electron chi connectivity index (χ0n) is 11.7. The van der Waals surface area contributed by atoms with Gasteiger partial charge < -0.3 is 10.3 Å². The van der Waals surface area contributed by atoms with Crippen LogP contribution in [0.1, 0.15) is 38.4 Å². The van der Waals surface area contributed by atoms with E-state index in [0.717, 1.165) is 37.2 Å². The van der Waals surface area contributed by atoms with Gasteiger partial charge in [0.15, 0.2) is 0 Å². The number of nitrogens with two attached hydrogens (primary N) is 1. The summed E-state index contributed by atoms with van der Waals surface area (Å²) in [6.45, 7) is 3.18. The number of benzene rings is 1. The Morgan fingerprint density at radius 1 is 1.37 bits per heavy atom. The highest BCUT2D eigenvalue weighted by Gasteiger charge is 2.27. The second kappa shape index (κ2) is 5.33. The Labute approximate surface area is 114 Å². The third-order valence-electron chi connectivity index (χ3n) is 4.22. The Hall–Kier alpha value is -1.35. The number of imidazole rings is 1. The SMILES string of the molecule is CCn1c(CCCC(N)C2CC2)nc2ccccc21. The van der Waals surface area contributed by atoms with Crippen LogP contribution in [-0.4, -0.2) is 15.6 Å². The molecule has 1 aliphatic carbocycles. The summed E-state index contributed by atoms with van der Waals surface area (Å²) in [4.78, 5) is 4.76. The zero-order valence-corrected chi connectivity index (χ0v) is 11.7. The van der Waals surface area contributed by atoms with Crippen molar-refractivity contribution in [3.8, 4) is 0 Å². The molecule has 102 valence electrons. The van der Waals surface area contributed by atoms with Crippen LogP contribution in [0.2, 0.25) is 0 Å². The van der Waals surface area contributed by atoms with Crippen molar-refractivity contribution in [2.24, 2.45) is 11.7 Å². The van der Waals surface area contributed by atoms with E-state index in [4.69, 9.17) is 10.7 Å². The van der Waals surface area contributed by atoms with E-state index in [1.165, 1.54) is 24.2 Å². The van der Waals surface area contributed by atoms with Crippen molar-refractivity contribution in [1.82, 2.24) is 9.55 Å². The lowest BCUT2D eigenvalue weighted by Crippen LogP contribution is -2.22. The number of hydrogen-bond donors (Lipinski definition) is 1. The van der Waals surface area contributed by atoms with Gasteiger partial charge in [0.25, 0.3) is 0 Å². The molecule has 0 bridgehead atoms. The predicted molar refractivity (Wildman–Crippen MR) is 79.0 cm³/mol. The van der Waals surface area contributed by atoms with Gasteiger partial charge in [-0.05, 0) is 50.7 Å². The maximum Gasteiger partial charge on any atom is 0.109 e. The number of hydrogen-bond acceptors (Lipinski definition) is 2. The van der Waals surface area contributed by atoms with Gasteiger partial charge in [-0.25, -0.2) is 4.98 Å². The van der Waals surface area contributed by atoms with E-state index in [2.05, 4.69) is 35.8 Å². The van der Waals surface area contributed by atoms with Crippen LogP contribution < -0.4 is 5.73 Å². The van der Waals surface area contributed by atoms with Crippen LogP contribution in [0.15, 0.2) is 24.3 Å². The number of rotatable bonds is 6. The van der Waals surface area contributed by atoms with Gasteiger partial charge in [0.2, 0.25) is 0 Å². The van der Waals surface area contributed by atoms with E-state index in [1.54, 1.807) is 0 Å². The van der Waals surface area contributed by atoms with Gasteiger partial charge in [0.1, 0.15) is 5.82 Å². The molecule has 3 heteroatoms. The molecule has 1 fully saturated rings. The van der Waals surface area contributed by atoms with E-state index in [0.29, 0.717) is 6.04 Å². The lowest BCUT2D eigenvalue weighted by Gasteiger charge is -2.10. The monoisotopic (exact) mass is 257 g/mol. The van der Waals surface area contributed by atoms with Gasteiger partial charge in [-0.1, -0.05) is 12.1 Å². The van der Waals surface area contributed by atoms with E-state index in [9.17, 15) is 0 Å². The number of para-hydroxylation sites is 2. The molecule has 0 amide bonds. The van der Waals surface area contributed by atoms with Crippen molar-refractivity contribution >= 4 is 11.0 Å². The lowest BCUT2D eigenvalue weighted by atomic mass is 10.1. The van der Waals surface area contributed by atoms with E-state index >= 15 is 0 Å². The molecule has 1 heterocycles. The summed E-state index contributed by atoms with van der Waals surface area (Å²) in [6, 6.07) is 8.82. The minimum atomic E-state index is 0.416. The molecule has 1 aromatic carbocycles. The number of fused-ring (bicyclic) bond motifs is 1. The Morgan fingerprint density at radius 3 is 2.89 bits per heavy atom. The fraction of sp³-hybridized carbons (Fsp3) is 0.562. The highest BCUT2D eigenvalue weighted by atomic mass is 15.1. The third kappa shape index (κ3) is 2.66. The Morgan fingerprint density at radius 2 is 2.16 bits per heavy atom. The maximum absolute atomic E-state index is 6.16. The molecule has 0 aliphatic heterocycles. The Balaban J connectivity index is 1.69.